The molecule has 1 aliphatic rings. The molecule has 5 rings (SSSR count). The van der Waals surface area contributed by atoms with Crippen LogP contribution in [-0.4, -0.2) is 29.6 Å². The van der Waals surface area contributed by atoms with Gasteiger partial charge in [-0.25, -0.2) is 4.98 Å². The van der Waals surface area contributed by atoms with Crippen molar-refractivity contribution in [1.82, 2.24) is 4.98 Å². The quantitative estimate of drug-likeness (QED) is 0.240. The summed E-state index contributed by atoms with van der Waals surface area (Å²) in [6.45, 7) is 0. The molecular weight excluding hydrogens is 452 g/mol. The lowest BCUT2D eigenvalue weighted by atomic mass is 9.88. The molecule has 0 bridgehead atoms. The molecule has 2 atom stereocenters. The van der Waals surface area contributed by atoms with Gasteiger partial charge in [-0.05, 0) is 48.0 Å². The number of furan rings is 1. The number of aromatic nitrogens is 1. The van der Waals surface area contributed by atoms with Gasteiger partial charge >= 0.3 is 0 Å². The summed E-state index contributed by atoms with van der Waals surface area (Å²) < 4.78 is 11.3. The van der Waals surface area contributed by atoms with Crippen LogP contribution < -0.4 is 9.64 Å². The van der Waals surface area contributed by atoms with Crippen molar-refractivity contribution in [2.45, 2.75) is 6.04 Å². The maximum absolute atomic E-state index is 13.2. The van der Waals surface area contributed by atoms with E-state index in [0.29, 0.717) is 27.0 Å². The Labute approximate surface area is 191 Å². The Bertz CT molecular complexity index is 1350. The Morgan fingerprint density at radius 1 is 1.16 bits per heavy atom. The number of amides is 1. The molecule has 2 unspecified atom stereocenters. The third kappa shape index (κ3) is 3.28. The van der Waals surface area contributed by atoms with Crippen LogP contribution in [0.25, 0.3) is 10.2 Å². The number of hydrogen-bond acceptors (Lipinski definition) is 7. The van der Waals surface area contributed by atoms with Crippen LogP contribution in [0.3, 0.4) is 0 Å². The normalized spacial score (nSPS) is 18.5. The van der Waals surface area contributed by atoms with E-state index in [1.54, 1.807) is 49.6 Å². The van der Waals surface area contributed by atoms with Gasteiger partial charge in [0.1, 0.15) is 11.7 Å². The number of carbonyl (C=O) groups excluding carboxylic acids is 3. The number of halogens is 1. The van der Waals surface area contributed by atoms with Crippen LogP contribution >= 0.6 is 22.9 Å². The van der Waals surface area contributed by atoms with Crippen LogP contribution in [0, 0.1) is 5.92 Å². The van der Waals surface area contributed by atoms with Crippen molar-refractivity contribution in [2.24, 2.45) is 5.92 Å². The van der Waals surface area contributed by atoms with Gasteiger partial charge in [0.15, 0.2) is 10.9 Å². The van der Waals surface area contributed by atoms with Gasteiger partial charge in [-0.1, -0.05) is 35.1 Å². The average molecular weight is 467 g/mol. The van der Waals surface area contributed by atoms with Crippen molar-refractivity contribution in [3.63, 3.8) is 0 Å². The first-order valence-electron chi connectivity index (χ1n) is 9.63. The van der Waals surface area contributed by atoms with Gasteiger partial charge in [-0.2, -0.15) is 0 Å². The molecule has 32 heavy (non-hydrogen) atoms. The van der Waals surface area contributed by atoms with E-state index >= 15 is 0 Å². The van der Waals surface area contributed by atoms with Gasteiger partial charge in [0.25, 0.3) is 5.91 Å². The van der Waals surface area contributed by atoms with Crippen molar-refractivity contribution in [3.8, 4) is 5.75 Å². The molecule has 0 radical (unpaired) electrons. The molecule has 0 saturated carbocycles. The highest BCUT2D eigenvalue weighted by Gasteiger charge is 2.53. The van der Waals surface area contributed by atoms with Gasteiger partial charge in [-0.3, -0.25) is 19.3 Å². The number of fused-ring (bicyclic) bond motifs is 1. The standard InChI is InChI=1S/C23H15ClN2O5S/c1-30-14-8-9-15-17(11-14)32-23(25-15)26-19(12-4-6-13(24)7-5-12)18(21(28)22(26)29)20(27)16-3-2-10-31-16/h2-11,18-19H,1H3. The third-order valence-corrected chi connectivity index (χ3v) is 6.62. The molecule has 0 N–H and O–H groups in total. The highest BCUT2D eigenvalue weighted by molar-refractivity contribution is 7.22. The molecule has 0 spiro atoms. The van der Waals surface area contributed by atoms with E-state index in [-0.39, 0.29) is 5.76 Å². The van der Waals surface area contributed by atoms with Crippen LogP contribution in [0.15, 0.2) is 65.3 Å². The predicted octanol–water partition coefficient (Wildman–Crippen LogP) is 4.71. The summed E-state index contributed by atoms with van der Waals surface area (Å²) in [6.07, 6.45) is 1.35. The van der Waals surface area contributed by atoms with E-state index in [9.17, 15) is 14.4 Å². The number of methoxy groups -OCH3 is 1. The van der Waals surface area contributed by atoms with Crippen LogP contribution in [0.4, 0.5) is 5.13 Å². The lowest BCUT2D eigenvalue weighted by molar-refractivity contribution is -0.135. The van der Waals surface area contributed by atoms with Crippen molar-refractivity contribution in [2.75, 3.05) is 12.0 Å². The monoisotopic (exact) mass is 466 g/mol. The number of rotatable bonds is 5. The molecule has 4 aromatic rings. The largest absolute Gasteiger partial charge is 0.497 e. The Morgan fingerprint density at radius 3 is 2.62 bits per heavy atom. The summed E-state index contributed by atoms with van der Waals surface area (Å²) in [5.74, 6) is -2.75. The predicted molar refractivity (Wildman–Crippen MR) is 119 cm³/mol. The average Bonchev–Trinajstić information content (AvgIpc) is 3.52. The summed E-state index contributed by atoms with van der Waals surface area (Å²) in [6, 6.07) is 14.2. The van der Waals surface area contributed by atoms with Crippen molar-refractivity contribution < 1.29 is 23.5 Å². The van der Waals surface area contributed by atoms with E-state index in [4.69, 9.17) is 20.8 Å². The summed E-state index contributed by atoms with van der Waals surface area (Å²) >= 11 is 7.28. The molecule has 1 amide bonds. The van der Waals surface area contributed by atoms with Gasteiger partial charge in [0, 0.05) is 5.02 Å². The summed E-state index contributed by atoms with van der Waals surface area (Å²) in [5.41, 5.74) is 1.25. The second kappa shape index (κ2) is 7.89. The Balaban J connectivity index is 1.66. The fourth-order valence-corrected chi connectivity index (χ4v) is 4.99. The number of ketones is 2. The first-order chi connectivity index (χ1) is 15.5. The van der Waals surface area contributed by atoms with Gasteiger partial charge < -0.3 is 9.15 Å². The molecule has 1 fully saturated rings. The second-order valence-corrected chi connectivity index (χ2v) is 8.63. The highest BCUT2D eigenvalue weighted by Crippen LogP contribution is 2.44. The number of thiazole rings is 1. The van der Waals surface area contributed by atoms with E-state index < -0.39 is 29.4 Å². The topological polar surface area (TPSA) is 89.7 Å². The maximum Gasteiger partial charge on any atom is 0.297 e. The summed E-state index contributed by atoms with van der Waals surface area (Å²) in [7, 11) is 1.56. The zero-order valence-corrected chi connectivity index (χ0v) is 18.2. The minimum Gasteiger partial charge on any atom is -0.497 e. The molecule has 9 heteroatoms. The van der Waals surface area contributed by atoms with E-state index in [1.165, 1.54) is 28.6 Å². The molecule has 2 aromatic heterocycles. The zero-order valence-electron chi connectivity index (χ0n) is 16.7. The molecule has 1 saturated heterocycles. The van der Waals surface area contributed by atoms with Crippen molar-refractivity contribution in [1.29, 1.82) is 0 Å². The van der Waals surface area contributed by atoms with Gasteiger partial charge in [-0.15, -0.1) is 0 Å². The van der Waals surface area contributed by atoms with Gasteiger partial charge in [0.05, 0.1) is 29.6 Å². The number of nitrogens with zero attached hydrogens (tertiary/aromatic N) is 2. The SMILES string of the molecule is COc1ccc2nc(N3C(=O)C(=O)C(C(=O)c4ccco4)C3c3ccc(Cl)cc3)sc2c1. The molecule has 3 heterocycles. The number of anilines is 1. The fourth-order valence-electron chi connectivity index (χ4n) is 3.84. The number of benzene rings is 2. The molecule has 0 aliphatic carbocycles. The smallest absolute Gasteiger partial charge is 0.297 e. The molecule has 1 aliphatic heterocycles. The van der Waals surface area contributed by atoms with E-state index in [2.05, 4.69) is 4.98 Å². The Kier molecular flexibility index (Phi) is 5.03. The highest BCUT2D eigenvalue weighted by atomic mass is 35.5. The zero-order chi connectivity index (χ0) is 22.4. The number of carbonyl (C=O) groups is 3. The van der Waals surface area contributed by atoms with E-state index in [1.807, 2.05) is 6.07 Å². The molecule has 2 aromatic carbocycles. The fraction of sp³-hybridized carbons (Fsp3) is 0.130. The summed E-state index contributed by atoms with van der Waals surface area (Å²) in [5, 5.41) is 0.818. The second-order valence-electron chi connectivity index (χ2n) is 7.19. The lowest BCUT2D eigenvalue weighted by Crippen LogP contribution is -2.30. The van der Waals surface area contributed by atoms with Crippen LogP contribution in [0.1, 0.15) is 22.2 Å². The molecule has 160 valence electrons. The Hall–Kier alpha value is -3.49. The van der Waals surface area contributed by atoms with Crippen LogP contribution in [-0.2, 0) is 9.59 Å². The van der Waals surface area contributed by atoms with Crippen molar-refractivity contribution >= 4 is 55.8 Å². The Morgan fingerprint density at radius 2 is 1.94 bits per heavy atom. The van der Waals surface area contributed by atoms with Crippen LogP contribution in [0.2, 0.25) is 5.02 Å². The minimum atomic E-state index is -1.27. The number of Topliss-reactive ketones (excluding diaryl/α,β-unsaturated/α-hetero) is 2. The van der Waals surface area contributed by atoms with Crippen LogP contribution in [0.5, 0.6) is 5.75 Å². The molecular formula is C23H15ClN2O5S. The van der Waals surface area contributed by atoms with E-state index in [0.717, 1.165) is 4.70 Å². The van der Waals surface area contributed by atoms with Crippen molar-refractivity contribution in [3.05, 3.63) is 77.2 Å². The number of hydrogen-bond donors (Lipinski definition) is 0. The first-order valence-corrected chi connectivity index (χ1v) is 10.8. The minimum absolute atomic E-state index is 0.0194. The first kappa shape index (κ1) is 20.4. The van der Waals surface area contributed by atoms with Gasteiger partial charge in [0.2, 0.25) is 11.6 Å². The third-order valence-electron chi connectivity index (χ3n) is 5.35. The molecule has 7 nitrogen and oxygen atoms in total. The lowest BCUT2D eigenvalue weighted by Gasteiger charge is -2.24. The number of ether oxygens (including phenoxy) is 1. The maximum atomic E-state index is 13.2. The summed E-state index contributed by atoms with van der Waals surface area (Å²) in [4.78, 5) is 45.3.